The molecular weight excluding hydrogens is 124 g/mol. The van der Waals surface area contributed by atoms with Gasteiger partial charge in [-0.3, -0.25) is 15.0 Å². The Labute approximate surface area is 52.2 Å². The Morgan fingerprint density at radius 1 is 1.89 bits per heavy atom. The van der Waals surface area contributed by atoms with Gasteiger partial charge < -0.3 is 5.11 Å². The van der Waals surface area contributed by atoms with E-state index in [1.807, 2.05) is 0 Å². The molecule has 0 radical (unpaired) electrons. The SMILES string of the molecule is CN(CC(=O)O)NC=O. The summed E-state index contributed by atoms with van der Waals surface area (Å²) in [5, 5.41) is 9.27. The van der Waals surface area contributed by atoms with Crippen molar-refractivity contribution in [3.63, 3.8) is 0 Å². The zero-order chi connectivity index (χ0) is 7.28. The standard InChI is InChI=1S/C4H8N2O3/c1-6(5-3-7)2-4(8)9/h3H,2H2,1H3,(H,5,7)(H,8,9). The van der Waals surface area contributed by atoms with Crippen LogP contribution in [-0.2, 0) is 9.59 Å². The molecule has 0 unspecified atom stereocenters. The highest BCUT2D eigenvalue weighted by atomic mass is 16.4. The van der Waals surface area contributed by atoms with Crippen LogP contribution in [0.3, 0.4) is 0 Å². The molecule has 0 saturated carbocycles. The number of likely N-dealkylation sites (N-methyl/N-ethyl adjacent to an activating group) is 1. The van der Waals surface area contributed by atoms with E-state index in [4.69, 9.17) is 5.11 Å². The third-order valence-corrected chi connectivity index (χ3v) is 0.646. The Morgan fingerprint density at radius 3 is 2.78 bits per heavy atom. The number of amides is 1. The summed E-state index contributed by atoms with van der Waals surface area (Å²) in [5.74, 6) is -0.980. The molecule has 0 atom stereocenters. The van der Waals surface area contributed by atoms with E-state index in [1.54, 1.807) is 0 Å². The molecule has 0 spiro atoms. The maximum absolute atomic E-state index is 9.89. The van der Waals surface area contributed by atoms with Gasteiger partial charge in [-0.05, 0) is 0 Å². The molecule has 5 nitrogen and oxygen atoms in total. The minimum absolute atomic E-state index is 0.196. The lowest BCUT2D eigenvalue weighted by molar-refractivity contribution is -0.138. The lowest BCUT2D eigenvalue weighted by Crippen LogP contribution is -2.37. The van der Waals surface area contributed by atoms with Crippen LogP contribution in [0.2, 0.25) is 0 Å². The molecular formula is C4H8N2O3. The first-order valence-electron chi connectivity index (χ1n) is 2.29. The molecule has 2 N–H and O–H groups in total. The average Bonchev–Trinajstić information content (AvgIpc) is 1.63. The van der Waals surface area contributed by atoms with Crippen molar-refractivity contribution < 1.29 is 14.7 Å². The predicted molar refractivity (Wildman–Crippen MR) is 29.5 cm³/mol. The number of hydrogen-bond donors (Lipinski definition) is 2. The minimum Gasteiger partial charge on any atom is -0.480 e. The third kappa shape index (κ3) is 4.76. The van der Waals surface area contributed by atoms with Crippen molar-refractivity contribution >= 4 is 12.4 Å². The summed E-state index contributed by atoms with van der Waals surface area (Å²) < 4.78 is 0. The van der Waals surface area contributed by atoms with Crippen LogP contribution in [0.15, 0.2) is 0 Å². The van der Waals surface area contributed by atoms with E-state index in [0.717, 1.165) is 5.01 Å². The van der Waals surface area contributed by atoms with Gasteiger partial charge in [-0.1, -0.05) is 0 Å². The quantitative estimate of drug-likeness (QED) is 0.367. The Bertz CT molecular complexity index is 114. The molecule has 0 aromatic carbocycles. The fraction of sp³-hybridized carbons (Fsp3) is 0.500. The number of nitrogens with one attached hydrogen (secondary N) is 1. The largest absolute Gasteiger partial charge is 0.480 e. The van der Waals surface area contributed by atoms with Gasteiger partial charge in [0.1, 0.15) is 6.54 Å². The number of aliphatic carboxylic acids is 1. The molecule has 5 heteroatoms. The first kappa shape index (κ1) is 7.90. The molecule has 0 aliphatic rings. The van der Waals surface area contributed by atoms with E-state index in [2.05, 4.69) is 5.43 Å². The van der Waals surface area contributed by atoms with Gasteiger partial charge in [0.15, 0.2) is 0 Å². The third-order valence-electron chi connectivity index (χ3n) is 0.646. The summed E-state index contributed by atoms with van der Waals surface area (Å²) in [6.45, 7) is -0.196. The number of carbonyl (C=O) groups is 2. The number of nitrogens with zero attached hydrogens (tertiary/aromatic N) is 1. The molecule has 0 fully saturated rings. The maximum Gasteiger partial charge on any atom is 0.319 e. The second kappa shape index (κ2) is 3.85. The van der Waals surface area contributed by atoms with Crippen LogP contribution >= 0.6 is 0 Å². The Morgan fingerprint density at radius 2 is 2.44 bits per heavy atom. The van der Waals surface area contributed by atoms with E-state index in [9.17, 15) is 9.59 Å². The van der Waals surface area contributed by atoms with Crippen molar-refractivity contribution in [1.82, 2.24) is 10.4 Å². The Hall–Kier alpha value is -1.10. The number of hydrazine groups is 1. The zero-order valence-corrected chi connectivity index (χ0v) is 5.00. The zero-order valence-electron chi connectivity index (χ0n) is 5.00. The molecule has 0 rings (SSSR count). The summed E-state index contributed by atoms with van der Waals surface area (Å²) in [6.07, 6.45) is 0.420. The number of hydrogen-bond acceptors (Lipinski definition) is 3. The van der Waals surface area contributed by atoms with Crippen LogP contribution < -0.4 is 5.43 Å². The van der Waals surface area contributed by atoms with Crippen LogP contribution in [0.25, 0.3) is 0 Å². The van der Waals surface area contributed by atoms with Gasteiger partial charge in [0.05, 0.1) is 0 Å². The van der Waals surface area contributed by atoms with Crippen LogP contribution in [0.4, 0.5) is 0 Å². The molecule has 1 amide bonds. The summed E-state index contributed by atoms with van der Waals surface area (Å²) >= 11 is 0. The van der Waals surface area contributed by atoms with Crippen molar-refractivity contribution in [1.29, 1.82) is 0 Å². The number of carbonyl (C=O) groups excluding carboxylic acids is 1. The van der Waals surface area contributed by atoms with Crippen LogP contribution in [0.1, 0.15) is 0 Å². The number of rotatable bonds is 4. The van der Waals surface area contributed by atoms with Gasteiger partial charge in [-0.15, -0.1) is 0 Å². The fourth-order valence-corrected chi connectivity index (χ4v) is 0.339. The summed E-state index contributed by atoms with van der Waals surface area (Å²) in [5.41, 5.74) is 2.15. The Balaban J connectivity index is 3.37. The summed E-state index contributed by atoms with van der Waals surface area (Å²) in [4.78, 5) is 19.5. The molecule has 0 aromatic heterocycles. The van der Waals surface area contributed by atoms with Crippen molar-refractivity contribution in [3.05, 3.63) is 0 Å². The second-order valence-electron chi connectivity index (χ2n) is 1.50. The van der Waals surface area contributed by atoms with Gasteiger partial charge in [0.25, 0.3) is 0 Å². The highest BCUT2D eigenvalue weighted by Crippen LogP contribution is 1.70. The Kier molecular flexibility index (Phi) is 3.38. The number of carboxylic acid groups (broad SMARTS) is 1. The van der Waals surface area contributed by atoms with E-state index >= 15 is 0 Å². The lowest BCUT2D eigenvalue weighted by Gasteiger charge is -2.09. The van der Waals surface area contributed by atoms with Gasteiger partial charge >= 0.3 is 5.97 Å². The van der Waals surface area contributed by atoms with Crippen LogP contribution in [-0.4, -0.2) is 36.1 Å². The van der Waals surface area contributed by atoms with Gasteiger partial charge in [0.2, 0.25) is 6.41 Å². The molecule has 0 aliphatic carbocycles. The van der Waals surface area contributed by atoms with Gasteiger partial charge in [0, 0.05) is 7.05 Å². The molecule has 0 aliphatic heterocycles. The summed E-state index contributed by atoms with van der Waals surface area (Å²) in [7, 11) is 1.46. The molecule has 0 aromatic rings. The van der Waals surface area contributed by atoms with Crippen molar-refractivity contribution in [2.75, 3.05) is 13.6 Å². The predicted octanol–water partition coefficient (Wildman–Crippen LogP) is -1.34. The molecule has 0 bridgehead atoms. The van der Waals surface area contributed by atoms with Crippen LogP contribution in [0.5, 0.6) is 0 Å². The molecule has 0 saturated heterocycles. The first-order valence-corrected chi connectivity index (χ1v) is 2.29. The van der Waals surface area contributed by atoms with Crippen LogP contribution in [0, 0.1) is 0 Å². The second-order valence-corrected chi connectivity index (χ2v) is 1.50. The molecule has 52 valence electrons. The van der Waals surface area contributed by atoms with Crippen molar-refractivity contribution in [2.45, 2.75) is 0 Å². The smallest absolute Gasteiger partial charge is 0.319 e. The molecule has 9 heavy (non-hydrogen) atoms. The van der Waals surface area contributed by atoms with Crippen molar-refractivity contribution in [2.24, 2.45) is 0 Å². The maximum atomic E-state index is 9.89. The molecule has 0 heterocycles. The van der Waals surface area contributed by atoms with Gasteiger partial charge in [-0.25, -0.2) is 5.01 Å². The fourth-order valence-electron chi connectivity index (χ4n) is 0.339. The van der Waals surface area contributed by atoms with E-state index in [-0.39, 0.29) is 6.54 Å². The lowest BCUT2D eigenvalue weighted by atomic mass is 10.6. The highest BCUT2D eigenvalue weighted by molar-refractivity contribution is 5.69. The average molecular weight is 132 g/mol. The van der Waals surface area contributed by atoms with Crippen molar-refractivity contribution in [3.8, 4) is 0 Å². The number of carboxylic acids is 1. The first-order chi connectivity index (χ1) is 4.16. The van der Waals surface area contributed by atoms with E-state index < -0.39 is 5.97 Å². The minimum atomic E-state index is -0.980. The normalized spacial score (nSPS) is 9.11. The van der Waals surface area contributed by atoms with E-state index in [1.165, 1.54) is 7.05 Å². The van der Waals surface area contributed by atoms with E-state index in [0.29, 0.717) is 6.41 Å². The highest BCUT2D eigenvalue weighted by Gasteiger charge is 1.99. The monoisotopic (exact) mass is 132 g/mol. The topological polar surface area (TPSA) is 69.6 Å². The summed E-state index contributed by atoms with van der Waals surface area (Å²) in [6, 6.07) is 0. The van der Waals surface area contributed by atoms with Gasteiger partial charge in [-0.2, -0.15) is 0 Å².